The summed E-state index contributed by atoms with van der Waals surface area (Å²) >= 11 is 0. The number of sulfonamides is 1. The molecule has 0 aromatic heterocycles. The van der Waals surface area contributed by atoms with Crippen molar-refractivity contribution in [3.05, 3.63) is 59.7 Å². The summed E-state index contributed by atoms with van der Waals surface area (Å²) < 4.78 is 27.5. The van der Waals surface area contributed by atoms with Gasteiger partial charge in [0.25, 0.3) is 5.91 Å². The zero-order valence-corrected chi connectivity index (χ0v) is 17.9. The molecule has 7 nitrogen and oxygen atoms in total. The standard InChI is InChI=1S/C22H25N3O4S/c1-16-8-9-20(14-17(16)2)30(28,29)23-12-10-18(11-13-23)24-15-21(26)25(22(24)27)19-6-4-3-5-7-19/h3-9,14,18H,10-13,15H2,1-2H3. The van der Waals surface area contributed by atoms with Gasteiger partial charge in [-0.25, -0.2) is 18.1 Å². The number of carbonyl (C=O) groups is 2. The van der Waals surface area contributed by atoms with Crippen LogP contribution >= 0.6 is 0 Å². The van der Waals surface area contributed by atoms with Crippen molar-refractivity contribution in [2.75, 3.05) is 24.5 Å². The maximum atomic E-state index is 13.0. The fourth-order valence-electron chi connectivity index (χ4n) is 4.05. The number of rotatable bonds is 4. The topological polar surface area (TPSA) is 78.0 Å². The van der Waals surface area contributed by atoms with Gasteiger partial charge in [0, 0.05) is 19.1 Å². The van der Waals surface area contributed by atoms with Crippen molar-refractivity contribution in [1.82, 2.24) is 9.21 Å². The maximum Gasteiger partial charge on any atom is 0.332 e. The molecule has 2 aliphatic heterocycles. The molecule has 0 N–H and O–H groups in total. The Balaban J connectivity index is 1.45. The summed E-state index contributed by atoms with van der Waals surface area (Å²) in [5.74, 6) is -0.253. The van der Waals surface area contributed by atoms with Crippen LogP contribution in [0.2, 0.25) is 0 Å². The molecule has 2 fully saturated rings. The number of urea groups is 1. The van der Waals surface area contributed by atoms with Crippen molar-refractivity contribution in [2.45, 2.75) is 37.6 Å². The van der Waals surface area contributed by atoms with Crippen LogP contribution in [-0.4, -0.2) is 55.2 Å². The lowest BCUT2D eigenvalue weighted by atomic mass is 10.1. The summed E-state index contributed by atoms with van der Waals surface area (Å²) in [5.41, 5.74) is 2.55. The van der Waals surface area contributed by atoms with Gasteiger partial charge in [0.05, 0.1) is 10.6 Å². The number of aryl methyl sites for hydroxylation is 2. The number of imide groups is 1. The molecular weight excluding hydrogens is 402 g/mol. The number of piperidine rings is 1. The van der Waals surface area contributed by atoms with Gasteiger partial charge in [-0.05, 0) is 62.1 Å². The van der Waals surface area contributed by atoms with Crippen LogP contribution in [-0.2, 0) is 14.8 Å². The Morgan fingerprint density at radius 1 is 0.900 bits per heavy atom. The lowest BCUT2D eigenvalue weighted by Gasteiger charge is -2.35. The zero-order valence-electron chi connectivity index (χ0n) is 17.1. The molecule has 30 heavy (non-hydrogen) atoms. The van der Waals surface area contributed by atoms with E-state index in [4.69, 9.17) is 0 Å². The summed E-state index contributed by atoms with van der Waals surface area (Å²) in [4.78, 5) is 28.4. The molecule has 2 aliphatic rings. The molecule has 0 unspecified atom stereocenters. The fraction of sp³-hybridized carbons (Fsp3) is 0.364. The third kappa shape index (κ3) is 3.61. The molecule has 8 heteroatoms. The number of para-hydroxylation sites is 1. The van der Waals surface area contributed by atoms with Gasteiger partial charge in [0.2, 0.25) is 10.0 Å². The van der Waals surface area contributed by atoms with E-state index < -0.39 is 10.0 Å². The molecule has 3 amide bonds. The minimum atomic E-state index is -3.57. The van der Waals surface area contributed by atoms with E-state index >= 15 is 0 Å². The summed E-state index contributed by atoms with van der Waals surface area (Å²) in [5, 5.41) is 0. The molecule has 2 heterocycles. The predicted molar refractivity (Wildman–Crippen MR) is 114 cm³/mol. The van der Waals surface area contributed by atoms with E-state index in [0.29, 0.717) is 36.5 Å². The first kappa shape index (κ1) is 20.6. The molecule has 2 aromatic rings. The predicted octanol–water partition coefficient (Wildman–Crippen LogP) is 2.93. The van der Waals surface area contributed by atoms with E-state index in [0.717, 1.165) is 11.1 Å². The van der Waals surface area contributed by atoms with Crippen LogP contribution in [0, 0.1) is 13.8 Å². The minimum Gasteiger partial charge on any atom is -0.312 e. The number of benzene rings is 2. The molecule has 0 radical (unpaired) electrons. The van der Waals surface area contributed by atoms with Crippen molar-refractivity contribution < 1.29 is 18.0 Å². The van der Waals surface area contributed by atoms with E-state index in [-0.39, 0.29) is 24.5 Å². The van der Waals surface area contributed by atoms with E-state index in [9.17, 15) is 18.0 Å². The van der Waals surface area contributed by atoms with Gasteiger partial charge < -0.3 is 4.90 Å². The van der Waals surface area contributed by atoms with Crippen molar-refractivity contribution in [2.24, 2.45) is 0 Å². The molecule has 2 saturated heterocycles. The smallest absolute Gasteiger partial charge is 0.312 e. The second kappa shape index (κ2) is 7.85. The van der Waals surface area contributed by atoms with Crippen LogP contribution in [0.25, 0.3) is 0 Å². The first-order chi connectivity index (χ1) is 14.3. The third-order valence-electron chi connectivity index (χ3n) is 5.99. The average molecular weight is 428 g/mol. The number of anilines is 1. The summed E-state index contributed by atoms with van der Waals surface area (Å²) in [6.45, 7) is 4.52. The van der Waals surface area contributed by atoms with Gasteiger partial charge in [-0.15, -0.1) is 0 Å². The molecule has 0 atom stereocenters. The number of hydrogen-bond acceptors (Lipinski definition) is 4. The number of hydrogen-bond donors (Lipinski definition) is 0. The first-order valence-electron chi connectivity index (χ1n) is 10.0. The van der Waals surface area contributed by atoms with E-state index in [1.165, 1.54) is 9.21 Å². The molecule has 2 aromatic carbocycles. The highest BCUT2D eigenvalue weighted by Crippen LogP contribution is 2.28. The largest absolute Gasteiger partial charge is 0.332 e. The van der Waals surface area contributed by atoms with Crippen molar-refractivity contribution in [3.8, 4) is 0 Å². The normalized spacial score (nSPS) is 19.0. The van der Waals surface area contributed by atoms with Gasteiger partial charge in [0.15, 0.2) is 0 Å². The van der Waals surface area contributed by atoms with Crippen LogP contribution in [0.15, 0.2) is 53.4 Å². The fourth-order valence-corrected chi connectivity index (χ4v) is 5.61. The number of nitrogens with zero attached hydrogens (tertiary/aromatic N) is 3. The van der Waals surface area contributed by atoms with Crippen LogP contribution in [0.1, 0.15) is 24.0 Å². The monoisotopic (exact) mass is 427 g/mol. The van der Waals surface area contributed by atoms with Gasteiger partial charge in [-0.3, -0.25) is 4.79 Å². The molecular formula is C22H25N3O4S. The lowest BCUT2D eigenvalue weighted by Crippen LogP contribution is -2.48. The summed E-state index contributed by atoms with van der Waals surface area (Å²) in [7, 11) is -3.57. The van der Waals surface area contributed by atoms with Crippen molar-refractivity contribution in [1.29, 1.82) is 0 Å². The molecule has 4 rings (SSSR count). The van der Waals surface area contributed by atoms with Gasteiger partial charge in [-0.2, -0.15) is 4.31 Å². The average Bonchev–Trinajstić information content (AvgIpc) is 3.04. The third-order valence-corrected chi connectivity index (χ3v) is 7.88. The van der Waals surface area contributed by atoms with Crippen LogP contribution in [0.3, 0.4) is 0 Å². The second-order valence-corrected chi connectivity index (χ2v) is 9.79. The molecule has 0 aliphatic carbocycles. The molecule has 0 saturated carbocycles. The molecule has 158 valence electrons. The molecule has 0 bridgehead atoms. The van der Waals surface area contributed by atoms with E-state index in [1.807, 2.05) is 26.0 Å². The Hall–Kier alpha value is -2.71. The number of amides is 3. The van der Waals surface area contributed by atoms with Gasteiger partial charge in [0.1, 0.15) is 6.54 Å². The summed E-state index contributed by atoms with van der Waals surface area (Å²) in [6, 6.07) is 13.6. The number of carbonyl (C=O) groups excluding carboxylic acids is 2. The Labute approximate surface area is 176 Å². The first-order valence-corrected chi connectivity index (χ1v) is 11.5. The summed E-state index contributed by atoms with van der Waals surface area (Å²) in [6.07, 6.45) is 1.01. The highest BCUT2D eigenvalue weighted by molar-refractivity contribution is 7.89. The van der Waals surface area contributed by atoms with Crippen LogP contribution < -0.4 is 4.90 Å². The Kier molecular flexibility index (Phi) is 5.38. The van der Waals surface area contributed by atoms with Crippen molar-refractivity contribution in [3.63, 3.8) is 0 Å². The van der Waals surface area contributed by atoms with E-state index in [2.05, 4.69) is 0 Å². The SMILES string of the molecule is Cc1ccc(S(=O)(=O)N2CCC(N3CC(=O)N(c4ccccc4)C3=O)CC2)cc1C. The van der Waals surface area contributed by atoms with Crippen molar-refractivity contribution >= 4 is 27.6 Å². The van der Waals surface area contributed by atoms with Crippen LogP contribution in [0.4, 0.5) is 10.5 Å². The van der Waals surface area contributed by atoms with Crippen LogP contribution in [0.5, 0.6) is 0 Å². The quantitative estimate of drug-likeness (QED) is 0.703. The Morgan fingerprint density at radius 3 is 2.20 bits per heavy atom. The maximum absolute atomic E-state index is 13.0. The minimum absolute atomic E-state index is 0.0301. The Morgan fingerprint density at radius 2 is 1.57 bits per heavy atom. The lowest BCUT2D eigenvalue weighted by molar-refractivity contribution is -0.116. The highest BCUT2D eigenvalue weighted by Gasteiger charge is 2.42. The van der Waals surface area contributed by atoms with Gasteiger partial charge >= 0.3 is 6.03 Å². The Bertz CT molecular complexity index is 1080. The van der Waals surface area contributed by atoms with Gasteiger partial charge in [-0.1, -0.05) is 24.3 Å². The van der Waals surface area contributed by atoms with E-state index in [1.54, 1.807) is 41.3 Å². The zero-order chi connectivity index (χ0) is 21.5. The second-order valence-electron chi connectivity index (χ2n) is 7.86. The molecule has 0 spiro atoms. The highest BCUT2D eigenvalue weighted by atomic mass is 32.2.